The van der Waals surface area contributed by atoms with Gasteiger partial charge in [-0.25, -0.2) is 0 Å². The lowest BCUT2D eigenvalue weighted by Gasteiger charge is -1.89. The normalized spacial score (nSPS) is 21.4. The highest BCUT2D eigenvalue weighted by atomic mass is 35.5. The second-order valence-corrected chi connectivity index (χ2v) is 2.70. The van der Waals surface area contributed by atoms with E-state index in [0.29, 0.717) is 10.2 Å². The molecule has 1 heterocycles. The molecule has 1 aliphatic heterocycles. The molecule has 1 aliphatic carbocycles. The molecule has 0 unspecified atom stereocenters. The van der Waals surface area contributed by atoms with Crippen molar-refractivity contribution in [3.05, 3.63) is 22.8 Å². The van der Waals surface area contributed by atoms with Crippen LogP contribution in [0.4, 0.5) is 0 Å². The predicted molar refractivity (Wildman–Crippen MR) is 42.7 cm³/mol. The molecule has 0 spiro atoms. The third-order valence-electron chi connectivity index (χ3n) is 1.33. The SMILES string of the molecule is ClC1=NN=C2C=CC(Cl)=C12. The van der Waals surface area contributed by atoms with E-state index in [1.54, 1.807) is 12.2 Å². The molecule has 2 aliphatic rings. The van der Waals surface area contributed by atoms with Gasteiger partial charge in [0.05, 0.1) is 16.3 Å². The monoisotopic (exact) mass is 172 g/mol. The van der Waals surface area contributed by atoms with Crippen molar-refractivity contribution in [2.75, 3.05) is 0 Å². The fourth-order valence-corrected chi connectivity index (χ4v) is 1.41. The Hall–Kier alpha value is -0.600. The topological polar surface area (TPSA) is 24.7 Å². The first-order valence-corrected chi connectivity index (χ1v) is 3.44. The van der Waals surface area contributed by atoms with Crippen LogP contribution in [-0.2, 0) is 0 Å². The van der Waals surface area contributed by atoms with E-state index < -0.39 is 0 Å². The number of rotatable bonds is 0. The number of allylic oxidation sites excluding steroid dienone is 4. The summed E-state index contributed by atoms with van der Waals surface area (Å²) in [6, 6.07) is 0. The van der Waals surface area contributed by atoms with Crippen molar-refractivity contribution in [2.45, 2.75) is 0 Å². The Kier molecular flexibility index (Phi) is 1.19. The lowest BCUT2D eigenvalue weighted by atomic mass is 10.2. The lowest BCUT2D eigenvalue weighted by Crippen LogP contribution is -1.96. The van der Waals surface area contributed by atoms with Gasteiger partial charge in [-0.3, -0.25) is 0 Å². The molecule has 0 fully saturated rings. The van der Waals surface area contributed by atoms with E-state index in [2.05, 4.69) is 10.2 Å². The van der Waals surface area contributed by atoms with Gasteiger partial charge in [0, 0.05) is 0 Å². The van der Waals surface area contributed by atoms with E-state index in [1.807, 2.05) is 0 Å². The quantitative estimate of drug-likeness (QED) is 0.535. The van der Waals surface area contributed by atoms with Crippen molar-refractivity contribution in [3.63, 3.8) is 0 Å². The van der Waals surface area contributed by atoms with Gasteiger partial charge >= 0.3 is 0 Å². The lowest BCUT2D eigenvalue weighted by molar-refractivity contribution is 1.28. The van der Waals surface area contributed by atoms with Crippen LogP contribution in [0.3, 0.4) is 0 Å². The first-order valence-electron chi connectivity index (χ1n) is 2.69. The average molecular weight is 173 g/mol. The van der Waals surface area contributed by atoms with Gasteiger partial charge in [-0.15, -0.1) is 10.2 Å². The van der Waals surface area contributed by atoms with Gasteiger partial charge in [0.1, 0.15) is 0 Å². The van der Waals surface area contributed by atoms with Gasteiger partial charge in [-0.05, 0) is 12.2 Å². The molecular formula is C6H2Cl2N2. The number of halogens is 2. The molecule has 0 aromatic heterocycles. The van der Waals surface area contributed by atoms with E-state index in [-0.39, 0.29) is 0 Å². The minimum atomic E-state index is 0.380. The molecule has 50 valence electrons. The van der Waals surface area contributed by atoms with Crippen LogP contribution < -0.4 is 0 Å². The third kappa shape index (κ3) is 0.662. The summed E-state index contributed by atoms with van der Waals surface area (Å²) in [7, 11) is 0. The number of fused-ring (bicyclic) bond motifs is 1. The van der Waals surface area contributed by atoms with E-state index >= 15 is 0 Å². The minimum absolute atomic E-state index is 0.380. The highest BCUT2D eigenvalue weighted by Crippen LogP contribution is 2.26. The van der Waals surface area contributed by atoms with Gasteiger partial charge in [-0.2, -0.15) is 0 Å². The molecule has 10 heavy (non-hydrogen) atoms. The standard InChI is InChI=1S/C6H2Cl2N2/c7-3-1-2-4-5(3)6(8)10-9-4/h1-2H. The summed E-state index contributed by atoms with van der Waals surface area (Å²) in [5.74, 6) is 0. The molecule has 4 heteroatoms. The van der Waals surface area contributed by atoms with E-state index in [0.717, 1.165) is 11.3 Å². The van der Waals surface area contributed by atoms with Crippen LogP contribution in [0.1, 0.15) is 0 Å². The Bertz CT molecular complexity index is 310. The Morgan fingerprint density at radius 2 is 1.90 bits per heavy atom. The first kappa shape index (κ1) is 6.13. The predicted octanol–water partition coefficient (Wildman–Crippen LogP) is 2.06. The van der Waals surface area contributed by atoms with Gasteiger partial charge in [0.25, 0.3) is 0 Å². The maximum atomic E-state index is 5.75. The molecule has 0 N–H and O–H groups in total. The highest BCUT2D eigenvalue weighted by Gasteiger charge is 2.22. The molecule has 0 aromatic rings. The van der Waals surface area contributed by atoms with Crippen LogP contribution in [0.5, 0.6) is 0 Å². The van der Waals surface area contributed by atoms with Crippen LogP contribution >= 0.6 is 23.2 Å². The number of hydrogen-bond acceptors (Lipinski definition) is 2. The Balaban J connectivity index is 2.59. The smallest absolute Gasteiger partial charge is 0.149 e. The Morgan fingerprint density at radius 3 is 2.60 bits per heavy atom. The zero-order chi connectivity index (χ0) is 7.14. The summed E-state index contributed by atoms with van der Waals surface area (Å²) >= 11 is 11.4. The third-order valence-corrected chi connectivity index (χ3v) is 1.91. The molecule has 0 radical (unpaired) electrons. The van der Waals surface area contributed by atoms with Crippen LogP contribution in [0.2, 0.25) is 0 Å². The molecule has 0 saturated heterocycles. The van der Waals surface area contributed by atoms with Gasteiger partial charge < -0.3 is 0 Å². The zero-order valence-corrected chi connectivity index (χ0v) is 6.32. The largest absolute Gasteiger partial charge is 0.162 e. The maximum Gasteiger partial charge on any atom is 0.162 e. The molecule has 2 nitrogen and oxygen atoms in total. The molecule has 0 bridgehead atoms. The maximum absolute atomic E-state index is 5.75. The molecule has 0 aromatic carbocycles. The van der Waals surface area contributed by atoms with E-state index in [1.165, 1.54) is 0 Å². The van der Waals surface area contributed by atoms with Crippen LogP contribution in [0.25, 0.3) is 0 Å². The van der Waals surface area contributed by atoms with E-state index in [9.17, 15) is 0 Å². The van der Waals surface area contributed by atoms with Crippen molar-refractivity contribution in [1.29, 1.82) is 0 Å². The average Bonchev–Trinajstić information content (AvgIpc) is 2.40. The zero-order valence-electron chi connectivity index (χ0n) is 4.81. The summed E-state index contributed by atoms with van der Waals surface area (Å²) in [5.41, 5.74) is 1.51. The molecule has 0 amide bonds. The summed E-state index contributed by atoms with van der Waals surface area (Å²) in [6.07, 6.45) is 3.54. The minimum Gasteiger partial charge on any atom is -0.149 e. The highest BCUT2D eigenvalue weighted by molar-refractivity contribution is 6.75. The molecular weight excluding hydrogens is 171 g/mol. The number of hydrogen-bond donors (Lipinski definition) is 0. The van der Waals surface area contributed by atoms with Gasteiger partial charge in [-0.1, -0.05) is 23.2 Å². The van der Waals surface area contributed by atoms with Crippen molar-refractivity contribution in [3.8, 4) is 0 Å². The summed E-state index contributed by atoms with van der Waals surface area (Å²) in [6.45, 7) is 0. The van der Waals surface area contributed by atoms with Crippen LogP contribution in [0.15, 0.2) is 33.0 Å². The first-order chi connectivity index (χ1) is 4.79. The van der Waals surface area contributed by atoms with Crippen molar-refractivity contribution < 1.29 is 0 Å². The second-order valence-electron chi connectivity index (χ2n) is 1.93. The number of nitrogens with zero attached hydrogens (tertiary/aromatic N) is 2. The van der Waals surface area contributed by atoms with Crippen molar-refractivity contribution >= 4 is 34.1 Å². The Morgan fingerprint density at radius 1 is 1.10 bits per heavy atom. The van der Waals surface area contributed by atoms with E-state index in [4.69, 9.17) is 23.2 Å². The summed E-state index contributed by atoms with van der Waals surface area (Å²) < 4.78 is 0. The van der Waals surface area contributed by atoms with Gasteiger partial charge in [0.2, 0.25) is 0 Å². The van der Waals surface area contributed by atoms with Crippen molar-refractivity contribution in [1.82, 2.24) is 0 Å². The second kappa shape index (κ2) is 1.94. The fourth-order valence-electron chi connectivity index (χ4n) is 0.876. The van der Waals surface area contributed by atoms with Gasteiger partial charge in [0.15, 0.2) is 5.17 Å². The molecule has 0 saturated carbocycles. The summed E-state index contributed by atoms with van der Waals surface area (Å²) in [4.78, 5) is 0. The molecule has 2 rings (SSSR count). The fraction of sp³-hybridized carbons (Fsp3) is 0. The summed E-state index contributed by atoms with van der Waals surface area (Å²) in [5, 5.41) is 8.42. The van der Waals surface area contributed by atoms with Crippen molar-refractivity contribution in [2.24, 2.45) is 10.2 Å². The molecule has 0 atom stereocenters. The van der Waals surface area contributed by atoms with Crippen LogP contribution in [-0.4, -0.2) is 10.9 Å². The van der Waals surface area contributed by atoms with Crippen LogP contribution in [0, 0.1) is 0 Å². The Labute approximate surface area is 67.5 Å².